The highest BCUT2D eigenvalue weighted by atomic mass is 32.2. The molecule has 1 fully saturated rings. The van der Waals surface area contributed by atoms with Crippen LogP contribution in [0.4, 0.5) is 0 Å². The lowest BCUT2D eigenvalue weighted by Crippen LogP contribution is -2.27. The van der Waals surface area contributed by atoms with Gasteiger partial charge in [-0.3, -0.25) is 0 Å². The summed E-state index contributed by atoms with van der Waals surface area (Å²) in [6.45, 7) is 2.40. The van der Waals surface area contributed by atoms with Crippen LogP contribution in [0.3, 0.4) is 0 Å². The molecule has 4 heteroatoms. The second-order valence-corrected chi connectivity index (χ2v) is 5.65. The van der Waals surface area contributed by atoms with Crippen LogP contribution in [0.5, 0.6) is 0 Å². The molecule has 0 bridgehead atoms. The zero-order valence-electron chi connectivity index (χ0n) is 7.90. The van der Waals surface area contributed by atoms with Crippen LogP contribution in [-0.4, -0.2) is 26.5 Å². The van der Waals surface area contributed by atoms with Gasteiger partial charge in [0.1, 0.15) is 0 Å². The largest absolute Gasteiger partial charge is 0.501 e. The van der Waals surface area contributed by atoms with Crippen molar-refractivity contribution in [3.8, 4) is 0 Å². The molecular formula is C9H16O3S. The van der Waals surface area contributed by atoms with Crippen LogP contribution in [0.15, 0.2) is 12.3 Å². The molecule has 1 rings (SSSR count). The molecule has 0 N–H and O–H groups in total. The summed E-state index contributed by atoms with van der Waals surface area (Å²) in [7, 11) is -2.77. The van der Waals surface area contributed by atoms with Crippen molar-refractivity contribution in [2.24, 2.45) is 5.92 Å². The van der Waals surface area contributed by atoms with Crippen LogP contribution >= 0.6 is 0 Å². The van der Waals surface area contributed by atoms with Gasteiger partial charge in [0.25, 0.3) is 0 Å². The number of rotatable bonds is 3. The fourth-order valence-electron chi connectivity index (χ4n) is 1.54. The Kier molecular flexibility index (Phi) is 3.78. The van der Waals surface area contributed by atoms with Crippen molar-refractivity contribution in [2.75, 3.05) is 18.1 Å². The molecule has 13 heavy (non-hydrogen) atoms. The van der Waals surface area contributed by atoms with Gasteiger partial charge < -0.3 is 4.74 Å². The average Bonchev–Trinajstić information content (AvgIpc) is 2.03. The second-order valence-electron chi connectivity index (χ2n) is 3.43. The summed E-state index contributed by atoms with van der Waals surface area (Å²) in [5.41, 5.74) is 0. The standard InChI is InChI=1S/C9H16O3S/c1-2-5-12-7-9-4-3-6-13(10,11)8-9/h2,5,9H,3-4,6-8H2,1H3/b5-2+. The van der Waals surface area contributed by atoms with Gasteiger partial charge in [0.2, 0.25) is 0 Å². The number of ether oxygens (including phenoxy) is 1. The van der Waals surface area contributed by atoms with E-state index in [2.05, 4.69) is 0 Å². The zero-order chi connectivity index (χ0) is 9.73. The van der Waals surface area contributed by atoms with Gasteiger partial charge in [-0.25, -0.2) is 8.42 Å². The van der Waals surface area contributed by atoms with Crippen LogP contribution in [-0.2, 0) is 14.6 Å². The minimum Gasteiger partial charge on any atom is -0.501 e. The van der Waals surface area contributed by atoms with Crippen molar-refractivity contribution in [1.82, 2.24) is 0 Å². The van der Waals surface area contributed by atoms with E-state index >= 15 is 0 Å². The minimum atomic E-state index is -2.77. The van der Waals surface area contributed by atoms with E-state index in [0.29, 0.717) is 18.1 Å². The van der Waals surface area contributed by atoms with Crippen LogP contribution in [0.25, 0.3) is 0 Å². The van der Waals surface area contributed by atoms with Gasteiger partial charge in [0.15, 0.2) is 9.84 Å². The zero-order valence-corrected chi connectivity index (χ0v) is 8.72. The smallest absolute Gasteiger partial charge is 0.150 e. The van der Waals surface area contributed by atoms with Gasteiger partial charge in [-0.05, 0) is 19.8 Å². The predicted molar refractivity (Wildman–Crippen MR) is 52.1 cm³/mol. The Morgan fingerprint density at radius 2 is 2.31 bits per heavy atom. The number of sulfone groups is 1. The summed E-state index contributed by atoms with van der Waals surface area (Å²) < 4.78 is 27.6. The van der Waals surface area contributed by atoms with Crippen molar-refractivity contribution in [1.29, 1.82) is 0 Å². The van der Waals surface area contributed by atoms with Crippen molar-refractivity contribution in [3.05, 3.63) is 12.3 Å². The Labute approximate surface area is 79.7 Å². The molecule has 76 valence electrons. The molecule has 1 heterocycles. The van der Waals surface area contributed by atoms with Crippen LogP contribution in [0, 0.1) is 5.92 Å². The fourth-order valence-corrected chi connectivity index (χ4v) is 3.29. The Bertz CT molecular complexity index is 267. The van der Waals surface area contributed by atoms with E-state index in [9.17, 15) is 8.42 Å². The van der Waals surface area contributed by atoms with Crippen LogP contribution in [0.1, 0.15) is 19.8 Å². The van der Waals surface area contributed by atoms with Gasteiger partial charge in [0, 0.05) is 5.92 Å². The third-order valence-electron chi connectivity index (χ3n) is 2.12. The van der Waals surface area contributed by atoms with Gasteiger partial charge in [-0.2, -0.15) is 0 Å². The van der Waals surface area contributed by atoms with Crippen LogP contribution in [0.2, 0.25) is 0 Å². The summed E-state index contributed by atoms with van der Waals surface area (Å²) in [5.74, 6) is 0.840. The van der Waals surface area contributed by atoms with E-state index in [1.807, 2.05) is 6.92 Å². The van der Waals surface area contributed by atoms with Gasteiger partial charge >= 0.3 is 0 Å². The quantitative estimate of drug-likeness (QED) is 0.652. The molecule has 0 saturated carbocycles. The highest BCUT2D eigenvalue weighted by molar-refractivity contribution is 7.91. The molecule has 1 atom stereocenters. The predicted octanol–water partition coefficient (Wildman–Crippen LogP) is 1.36. The molecular weight excluding hydrogens is 188 g/mol. The molecule has 1 aliphatic heterocycles. The third kappa shape index (κ3) is 3.81. The molecule has 0 radical (unpaired) electrons. The van der Waals surface area contributed by atoms with E-state index < -0.39 is 9.84 Å². The normalized spacial score (nSPS) is 27.6. The molecule has 0 aromatic rings. The first-order valence-corrected chi connectivity index (χ1v) is 6.39. The fraction of sp³-hybridized carbons (Fsp3) is 0.778. The summed E-state index contributed by atoms with van der Waals surface area (Å²) in [6, 6.07) is 0. The minimum absolute atomic E-state index is 0.190. The lowest BCUT2D eigenvalue weighted by atomic mass is 10.1. The Hall–Kier alpha value is -0.510. The highest BCUT2D eigenvalue weighted by Crippen LogP contribution is 2.18. The first kappa shape index (κ1) is 10.6. The number of hydrogen-bond donors (Lipinski definition) is 0. The summed E-state index contributed by atoms with van der Waals surface area (Å²) in [4.78, 5) is 0. The Balaban J connectivity index is 2.35. The number of hydrogen-bond acceptors (Lipinski definition) is 3. The van der Waals surface area contributed by atoms with E-state index in [-0.39, 0.29) is 5.92 Å². The summed E-state index contributed by atoms with van der Waals surface area (Å²) in [5, 5.41) is 0. The maximum Gasteiger partial charge on any atom is 0.150 e. The molecule has 1 saturated heterocycles. The van der Waals surface area contributed by atoms with E-state index in [4.69, 9.17) is 4.74 Å². The molecule has 0 aromatic carbocycles. The molecule has 0 spiro atoms. The monoisotopic (exact) mass is 204 g/mol. The second kappa shape index (κ2) is 4.65. The maximum absolute atomic E-state index is 11.2. The van der Waals surface area contributed by atoms with E-state index in [0.717, 1.165) is 12.8 Å². The van der Waals surface area contributed by atoms with E-state index in [1.165, 1.54) is 0 Å². The lowest BCUT2D eigenvalue weighted by Gasteiger charge is -2.20. The Morgan fingerprint density at radius 3 is 2.92 bits per heavy atom. The van der Waals surface area contributed by atoms with Crippen molar-refractivity contribution < 1.29 is 13.2 Å². The Morgan fingerprint density at radius 1 is 1.54 bits per heavy atom. The number of allylic oxidation sites excluding steroid dienone is 1. The molecule has 1 aliphatic rings. The van der Waals surface area contributed by atoms with Gasteiger partial charge in [-0.15, -0.1) is 0 Å². The maximum atomic E-state index is 11.2. The van der Waals surface area contributed by atoms with Crippen LogP contribution < -0.4 is 0 Å². The van der Waals surface area contributed by atoms with Crippen molar-refractivity contribution in [2.45, 2.75) is 19.8 Å². The van der Waals surface area contributed by atoms with E-state index in [1.54, 1.807) is 12.3 Å². The first-order valence-electron chi connectivity index (χ1n) is 4.57. The van der Waals surface area contributed by atoms with Crippen molar-refractivity contribution >= 4 is 9.84 Å². The molecule has 1 unspecified atom stereocenters. The van der Waals surface area contributed by atoms with Gasteiger partial charge in [0.05, 0.1) is 24.4 Å². The van der Waals surface area contributed by atoms with Gasteiger partial charge in [-0.1, -0.05) is 6.08 Å². The average molecular weight is 204 g/mol. The molecule has 0 amide bonds. The first-order chi connectivity index (χ1) is 6.14. The topological polar surface area (TPSA) is 43.4 Å². The highest BCUT2D eigenvalue weighted by Gasteiger charge is 2.24. The van der Waals surface area contributed by atoms with Crippen molar-refractivity contribution in [3.63, 3.8) is 0 Å². The summed E-state index contributed by atoms with van der Waals surface area (Å²) >= 11 is 0. The SMILES string of the molecule is C/C=C/OCC1CCCS(=O)(=O)C1. The lowest BCUT2D eigenvalue weighted by molar-refractivity contribution is 0.195. The third-order valence-corrected chi connectivity index (χ3v) is 4.01. The summed E-state index contributed by atoms with van der Waals surface area (Å²) in [6.07, 6.45) is 5.17. The molecule has 0 aliphatic carbocycles. The molecule has 3 nitrogen and oxygen atoms in total. The molecule has 0 aromatic heterocycles.